The van der Waals surface area contributed by atoms with Crippen molar-refractivity contribution < 1.29 is 14.3 Å². The normalized spacial score (nSPS) is 13.0. The molecule has 0 unspecified atom stereocenters. The van der Waals surface area contributed by atoms with Gasteiger partial charge in [0, 0.05) is 17.0 Å². The van der Waals surface area contributed by atoms with Gasteiger partial charge in [-0.2, -0.15) is 5.10 Å². The lowest BCUT2D eigenvalue weighted by Gasteiger charge is -2.05. The van der Waals surface area contributed by atoms with Crippen molar-refractivity contribution in [3.63, 3.8) is 0 Å². The topological polar surface area (TPSA) is 85.9 Å². The Bertz CT molecular complexity index is 770. The van der Waals surface area contributed by atoms with E-state index >= 15 is 0 Å². The number of anilines is 1. The zero-order valence-electron chi connectivity index (χ0n) is 13.4. The van der Waals surface area contributed by atoms with Crippen LogP contribution in [0.2, 0.25) is 0 Å². The fourth-order valence-electron chi connectivity index (χ4n) is 2.32. The molecule has 0 aliphatic carbocycles. The van der Waals surface area contributed by atoms with E-state index < -0.39 is 0 Å². The Kier molecular flexibility index (Phi) is 4.65. The van der Waals surface area contributed by atoms with E-state index in [1.165, 1.54) is 0 Å². The van der Waals surface area contributed by atoms with Crippen molar-refractivity contribution in [2.45, 2.75) is 19.8 Å². The molecule has 1 heterocycles. The summed E-state index contributed by atoms with van der Waals surface area (Å²) in [6.07, 6.45) is 1.55. The van der Waals surface area contributed by atoms with Crippen molar-refractivity contribution in [1.82, 2.24) is 5.43 Å². The molecule has 0 bridgehead atoms. The van der Waals surface area contributed by atoms with Crippen LogP contribution in [-0.4, -0.2) is 18.4 Å². The number of nitrogens with two attached hydrogens (primary N) is 1. The van der Waals surface area contributed by atoms with Crippen LogP contribution in [0.3, 0.4) is 0 Å². The second kappa shape index (κ2) is 7.04. The van der Waals surface area contributed by atoms with Crippen molar-refractivity contribution in [1.29, 1.82) is 0 Å². The van der Waals surface area contributed by atoms with Crippen molar-refractivity contribution in [2.24, 2.45) is 5.10 Å². The van der Waals surface area contributed by atoms with E-state index in [-0.39, 0.29) is 12.7 Å². The molecule has 0 atom stereocenters. The highest BCUT2D eigenvalue weighted by Gasteiger charge is 2.13. The van der Waals surface area contributed by atoms with Gasteiger partial charge in [-0.15, -0.1) is 0 Å². The van der Waals surface area contributed by atoms with Crippen LogP contribution in [0, 0.1) is 0 Å². The third-order valence-corrected chi connectivity index (χ3v) is 3.73. The third-order valence-electron chi connectivity index (χ3n) is 3.73. The SMILES string of the molecule is C/C(CCc1ccc2c(c1)OCO2)=N\NC(=O)c1ccc(N)cc1. The molecular formula is C18H19N3O3. The molecule has 6 nitrogen and oxygen atoms in total. The molecule has 3 rings (SSSR count). The lowest BCUT2D eigenvalue weighted by Crippen LogP contribution is -2.19. The van der Waals surface area contributed by atoms with Gasteiger partial charge in [0.05, 0.1) is 0 Å². The number of ether oxygens (including phenoxy) is 2. The quantitative estimate of drug-likeness (QED) is 0.503. The van der Waals surface area contributed by atoms with Crippen molar-refractivity contribution >= 4 is 17.3 Å². The molecule has 6 heteroatoms. The van der Waals surface area contributed by atoms with Gasteiger partial charge in [0.25, 0.3) is 5.91 Å². The standard InChI is InChI=1S/C18H19N3O3/c1-12(20-21-18(22)14-5-7-15(19)8-6-14)2-3-13-4-9-16-17(10-13)24-11-23-16/h4-10H,2-3,11,19H2,1H3,(H,21,22)/b20-12+. The zero-order valence-corrected chi connectivity index (χ0v) is 13.4. The smallest absolute Gasteiger partial charge is 0.271 e. The van der Waals surface area contributed by atoms with Gasteiger partial charge in [0.1, 0.15) is 0 Å². The maximum atomic E-state index is 12.0. The summed E-state index contributed by atoms with van der Waals surface area (Å²) in [5, 5.41) is 4.14. The zero-order chi connectivity index (χ0) is 16.9. The minimum absolute atomic E-state index is 0.252. The van der Waals surface area contributed by atoms with Crippen LogP contribution in [0.5, 0.6) is 11.5 Å². The van der Waals surface area contributed by atoms with E-state index in [0.717, 1.165) is 35.6 Å². The Balaban J connectivity index is 1.52. The molecule has 0 saturated carbocycles. The number of carbonyl (C=O) groups is 1. The molecular weight excluding hydrogens is 306 g/mol. The number of amides is 1. The molecule has 3 N–H and O–H groups in total. The Morgan fingerprint density at radius 3 is 2.71 bits per heavy atom. The summed E-state index contributed by atoms with van der Waals surface area (Å²) in [5.41, 5.74) is 11.3. The van der Waals surface area contributed by atoms with Crippen LogP contribution >= 0.6 is 0 Å². The Hall–Kier alpha value is -3.02. The molecule has 124 valence electrons. The summed E-state index contributed by atoms with van der Waals surface area (Å²) in [6.45, 7) is 2.16. The average molecular weight is 325 g/mol. The number of rotatable bonds is 5. The number of nitrogens with one attached hydrogen (secondary N) is 1. The van der Waals surface area contributed by atoms with E-state index in [9.17, 15) is 4.79 Å². The molecule has 0 fully saturated rings. The summed E-state index contributed by atoms with van der Waals surface area (Å²) in [5.74, 6) is 1.30. The number of hydrogen-bond acceptors (Lipinski definition) is 5. The third kappa shape index (κ3) is 3.84. The van der Waals surface area contributed by atoms with Gasteiger partial charge < -0.3 is 15.2 Å². The maximum absolute atomic E-state index is 12.0. The van der Waals surface area contributed by atoms with Gasteiger partial charge in [-0.25, -0.2) is 5.43 Å². The van der Waals surface area contributed by atoms with Crippen LogP contribution < -0.4 is 20.6 Å². The average Bonchev–Trinajstić information content (AvgIpc) is 3.06. The summed E-state index contributed by atoms with van der Waals surface area (Å²) in [6, 6.07) is 12.6. The molecule has 1 aliphatic rings. The van der Waals surface area contributed by atoms with E-state index in [0.29, 0.717) is 11.3 Å². The highest BCUT2D eigenvalue weighted by molar-refractivity contribution is 5.95. The number of nitrogens with zero attached hydrogens (tertiary/aromatic N) is 1. The monoisotopic (exact) mass is 325 g/mol. The number of hydrazone groups is 1. The fraction of sp³-hybridized carbons (Fsp3) is 0.222. The number of aryl methyl sites for hydroxylation is 1. The molecule has 1 amide bonds. The van der Waals surface area contributed by atoms with Crippen molar-refractivity contribution in [2.75, 3.05) is 12.5 Å². The van der Waals surface area contributed by atoms with Crippen LogP contribution in [0.1, 0.15) is 29.3 Å². The molecule has 0 aromatic heterocycles. The number of benzene rings is 2. The molecule has 0 spiro atoms. The Morgan fingerprint density at radius 1 is 1.17 bits per heavy atom. The van der Waals surface area contributed by atoms with Crippen LogP contribution in [-0.2, 0) is 6.42 Å². The first kappa shape index (κ1) is 15.9. The highest BCUT2D eigenvalue weighted by atomic mass is 16.7. The molecule has 24 heavy (non-hydrogen) atoms. The number of carbonyl (C=O) groups excluding carboxylic acids is 1. The van der Waals surface area contributed by atoms with Gasteiger partial charge in [0.15, 0.2) is 11.5 Å². The van der Waals surface area contributed by atoms with Crippen molar-refractivity contribution in [3.05, 3.63) is 53.6 Å². The van der Waals surface area contributed by atoms with Gasteiger partial charge in [0.2, 0.25) is 6.79 Å². The predicted octanol–water partition coefficient (Wildman–Crippen LogP) is 2.74. The number of nitrogen functional groups attached to an aromatic ring is 1. The summed E-state index contributed by atoms with van der Waals surface area (Å²) >= 11 is 0. The first-order valence-electron chi connectivity index (χ1n) is 7.69. The predicted molar refractivity (Wildman–Crippen MR) is 92.3 cm³/mol. The Labute approximate surface area is 140 Å². The van der Waals surface area contributed by atoms with E-state index in [1.54, 1.807) is 24.3 Å². The van der Waals surface area contributed by atoms with E-state index in [2.05, 4.69) is 10.5 Å². The van der Waals surface area contributed by atoms with Crippen LogP contribution in [0.15, 0.2) is 47.6 Å². The number of fused-ring (bicyclic) bond motifs is 1. The van der Waals surface area contributed by atoms with Crippen molar-refractivity contribution in [3.8, 4) is 11.5 Å². The largest absolute Gasteiger partial charge is 0.454 e. The first-order chi connectivity index (χ1) is 11.6. The van der Waals surface area contributed by atoms with Gasteiger partial charge in [-0.1, -0.05) is 6.07 Å². The first-order valence-corrected chi connectivity index (χ1v) is 7.69. The van der Waals surface area contributed by atoms with E-state index in [1.807, 2.05) is 25.1 Å². The summed E-state index contributed by atoms with van der Waals surface area (Å²) < 4.78 is 10.7. The van der Waals surface area contributed by atoms with Gasteiger partial charge >= 0.3 is 0 Å². The number of hydrogen-bond donors (Lipinski definition) is 2. The molecule has 1 aliphatic heterocycles. The van der Waals surface area contributed by atoms with E-state index in [4.69, 9.17) is 15.2 Å². The molecule has 0 radical (unpaired) electrons. The lowest BCUT2D eigenvalue weighted by atomic mass is 10.1. The van der Waals surface area contributed by atoms with Gasteiger partial charge in [-0.3, -0.25) is 4.79 Å². The second-order valence-electron chi connectivity index (χ2n) is 5.60. The minimum Gasteiger partial charge on any atom is -0.454 e. The summed E-state index contributed by atoms with van der Waals surface area (Å²) in [4.78, 5) is 12.0. The van der Waals surface area contributed by atoms with Crippen LogP contribution in [0.4, 0.5) is 5.69 Å². The molecule has 2 aromatic carbocycles. The highest BCUT2D eigenvalue weighted by Crippen LogP contribution is 2.32. The summed E-state index contributed by atoms with van der Waals surface area (Å²) in [7, 11) is 0. The fourth-order valence-corrected chi connectivity index (χ4v) is 2.32. The maximum Gasteiger partial charge on any atom is 0.271 e. The van der Waals surface area contributed by atoms with Gasteiger partial charge in [-0.05, 0) is 61.7 Å². The molecule has 2 aromatic rings. The minimum atomic E-state index is -0.252. The molecule has 0 saturated heterocycles. The Morgan fingerprint density at radius 2 is 1.92 bits per heavy atom. The lowest BCUT2D eigenvalue weighted by molar-refractivity contribution is 0.0954. The van der Waals surface area contributed by atoms with Crippen LogP contribution in [0.25, 0.3) is 0 Å². The second-order valence-corrected chi connectivity index (χ2v) is 5.60.